The molecule has 0 unspecified atom stereocenters. The molecule has 0 radical (unpaired) electrons. The Bertz CT molecular complexity index is 313. The fraction of sp³-hybridized carbons (Fsp3) is 0.722. The van der Waals surface area contributed by atoms with Crippen molar-refractivity contribution < 1.29 is 0 Å². The molecule has 1 rings (SSSR count). The summed E-state index contributed by atoms with van der Waals surface area (Å²) in [6.07, 6.45) is 12.5. The maximum absolute atomic E-state index is 4.46. The quantitative estimate of drug-likeness (QED) is 0.557. The molecular weight excluding hydrogens is 244 g/mol. The molecule has 0 amide bonds. The van der Waals surface area contributed by atoms with Gasteiger partial charge in [0, 0.05) is 18.3 Å². The van der Waals surface area contributed by atoms with Crippen molar-refractivity contribution in [2.75, 3.05) is 0 Å². The number of nitrogens with one attached hydrogen (secondary N) is 1. The van der Waals surface area contributed by atoms with E-state index in [1.165, 1.54) is 51.4 Å². The molecule has 0 saturated heterocycles. The monoisotopic (exact) mass is 276 g/mol. The summed E-state index contributed by atoms with van der Waals surface area (Å²) in [5.41, 5.74) is 1.16. The molecule has 0 aromatic carbocycles. The third kappa shape index (κ3) is 7.04. The van der Waals surface area contributed by atoms with Gasteiger partial charge < -0.3 is 5.32 Å². The van der Waals surface area contributed by atoms with Crippen molar-refractivity contribution >= 4 is 0 Å². The summed E-state index contributed by atoms with van der Waals surface area (Å²) in [6.45, 7) is 6.78. The van der Waals surface area contributed by atoms with Gasteiger partial charge in [0.05, 0.1) is 5.69 Å². The molecule has 114 valence electrons. The van der Waals surface area contributed by atoms with Crippen molar-refractivity contribution in [2.24, 2.45) is 0 Å². The van der Waals surface area contributed by atoms with Gasteiger partial charge in [0.2, 0.25) is 0 Å². The molecule has 2 heteroatoms. The van der Waals surface area contributed by atoms with Crippen LogP contribution < -0.4 is 5.32 Å². The van der Waals surface area contributed by atoms with E-state index in [0.29, 0.717) is 12.1 Å². The predicted octanol–water partition coefficient (Wildman–Crippen LogP) is 5.26. The zero-order valence-electron chi connectivity index (χ0n) is 13.6. The summed E-state index contributed by atoms with van der Waals surface area (Å²) >= 11 is 0. The van der Waals surface area contributed by atoms with Crippen LogP contribution in [-0.2, 0) is 0 Å². The molecule has 0 spiro atoms. The van der Waals surface area contributed by atoms with Gasteiger partial charge in [0.25, 0.3) is 0 Å². The summed E-state index contributed by atoms with van der Waals surface area (Å²) in [5, 5.41) is 3.79. The van der Waals surface area contributed by atoms with E-state index in [2.05, 4.69) is 43.2 Å². The number of rotatable bonds is 11. The molecule has 1 atom stereocenters. The second-order valence-electron chi connectivity index (χ2n) is 5.83. The van der Waals surface area contributed by atoms with Crippen LogP contribution in [-0.4, -0.2) is 11.0 Å². The Hall–Kier alpha value is -0.890. The lowest BCUT2D eigenvalue weighted by atomic mass is 10.0. The highest BCUT2D eigenvalue weighted by molar-refractivity contribution is 5.07. The van der Waals surface area contributed by atoms with Gasteiger partial charge in [-0.3, -0.25) is 4.98 Å². The van der Waals surface area contributed by atoms with E-state index in [4.69, 9.17) is 0 Å². The first-order valence-electron chi connectivity index (χ1n) is 8.44. The first-order chi connectivity index (χ1) is 9.77. The summed E-state index contributed by atoms with van der Waals surface area (Å²) in [7, 11) is 0. The van der Waals surface area contributed by atoms with E-state index < -0.39 is 0 Å². The van der Waals surface area contributed by atoms with Crippen LogP contribution in [0, 0.1) is 0 Å². The van der Waals surface area contributed by atoms with Gasteiger partial charge in [-0.1, -0.05) is 58.4 Å². The lowest BCUT2D eigenvalue weighted by Gasteiger charge is -2.23. The average molecular weight is 276 g/mol. The molecule has 1 aromatic heterocycles. The molecule has 2 nitrogen and oxygen atoms in total. The summed E-state index contributed by atoms with van der Waals surface area (Å²) in [4.78, 5) is 4.46. The van der Waals surface area contributed by atoms with Gasteiger partial charge in [-0.15, -0.1) is 0 Å². The van der Waals surface area contributed by atoms with Gasteiger partial charge >= 0.3 is 0 Å². The fourth-order valence-electron chi connectivity index (χ4n) is 2.66. The lowest BCUT2D eigenvalue weighted by Crippen LogP contribution is -2.32. The third-order valence-corrected chi connectivity index (χ3v) is 3.93. The first kappa shape index (κ1) is 17.2. The van der Waals surface area contributed by atoms with E-state index >= 15 is 0 Å². The van der Waals surface area contributed by atoms with Crippen LogP contribution in [0.25, 0.3) is 0 Å². The number of nitrogens with zero attached hydrogens (tertiary/aromatic N) is 1. The minimum Gasteiger partial charge on any atom is -0.306 e. The maximum Gasteiger partial charge on any atom is 0.0570 e. The van der Waals surface area contributed by atoms with Gasteiger partial charge in [0.1, 0.15) is 0 Å². The number of pyridine rings is 1. The lowest BCUT2D eigenvalue weighted by molar-refractivity contribution is 0.381. The van der Waals surface area contributed by atoms with Gasteiger partial charge in [0.15, 0.2) is 0 Å². The molecule has 20 heavy (non-hydrogen) atoms. The van der Waals surface area contributed by atoms with E-state index in [1.54, 1.807) is 0 Å². The topological polar surface area (TPSA) is 24.9 Å². The third-order valence-electron chi connectivity index (χ3n) is 3.93. The molecule has 0 aliphatic carbocycles. The van der Waals surface area contributed by atoms with E-state index in [9.17, 15) is 0 Å². The summed E-state index contributed by atoms with van der Waals surface area (Å²) in [5.74, 6) is 0. The molecule has 0 aliphatic rings. The standard InChI is InChI=1S/C18H32N2/c1-4-6-8-12-17(13-9-7-5-2)20-16(3)18-14-10-11-15-19-18/h10-11,14-17,20H,4-9,12-13H2,1-3H3/t16-/m1/s1. The van der Waals surface area contributed by atoms with Crippen molar-refractivity contribution in [3.8, 4) is 0 Å². The fourth-order valence-corrected chi connectivity index (χ4v) is 2.66. The van der Waals surface area contributed by atoms with Crippen LogP contribution in [0.1, 0.15) is 83.9 Å². The summed E-state index contributed by atoms with van der Waals surface area (Å²) in [6, 6.07) is 7.17. The highest BCUT2D eigenvalue weighted by atomic mass is 15.0. The van der Waals surface area contributed by atoms with E-state index in [-0.39, 0.29) is 0 Å². The van der Waals surface area contributed by atoms with E-state index in [1.807, 2.05) is 12.3 Å². The number of hydrogen-bond donors (Lipinski definition) is 1. The molecule has 1 N–H and O–H groups in total. The molecule has 0 bridgehead atoms. The SMILES string of the molecule is CCCCCC(CCCCC)N[C@H](C)c1ccccn1. The zero-order valence-corrected chi connectivity index (χ0v) is 13.6. The van der Waals surface area contributed by atoms with E-state index in [0.717, 1.165) is 5.69 Å². The normalized spacial score (nSPS) is 12.8. The number of hydrogen-bond acceptors (Lipinski definition) is 2. The van der Waals surface area contributed by atoms with Crippen molar-refractivity contribution in [3.05, 3.63) is 30.1 Å². The second kappa shape index (κ2) is 10.8. The molecule has 1 aromatic rings. The largest absolute Gasteiger partial charge is 0.306 e. The Labute approximate surface area is 125 Å². The molecule has 0 aliphatic heterocycles. The second-order valence-corrected chi connectivity index (χ2v) is 5.83. The number of aromatic nitrogens is 1. The Morgan fingerprint density at radius 1 is 1.00 bits per heavy atom. The van der Waals surface area contributed by atoms with Crippen LogP contribution in [0.4, 0.5) is 0 Å². The van der Waals surface area contributed by atoms with Gasteiger partial charge in [-0.2, -0.15) is 0 Å². The summed E-state index contributed by atoms with van der Waals surface area (Å²) < 4.78 is 0. The smallest absolute Gasteiger partial charge is 0.0570 e. The molecular formula is C18H32N2. The Morgan fingerprint density at radius 3 is 2.15 bits per heavy atom. The highest BCUT2D eigenvalue weighted by Gasteiger charge is 2.13. The average Bonchev–Trinajstić information content (AvgIpc) is 2.48. The molecule has 1 heterocycles. The molecule has 0 saturated carbocycles. The zero-order chi connectivity index (χ0) is 14.6. The van der Waals surface area contributed by atoms with Crippen LogP contribution in [0.2, 0.25) is 0 Å². The van der Waals surface area contributed by atoms with Crippen LogP contribution in [0.3, 0.4) is 0 Å². The van der Waals surface area contributed by atoms with Crippen molar-refractivity contribution in [1.29, 1.82) is 0 Å². The minimum absolute atomic E-state index is 0.351. The predicted molar refractivity (Wildman–Crippen MR) is 87.9 cm³/mol. The maximum atomic E-state index is 4.46. The first-order valence-corrected chi connectivity index (χ1v) is 8.44. The van der Waals surface area contributed by atoms with Crippen molar-refractivity contribution in [3.63, 3.8) is 0 Å². The Morgan fingerprint density at radius 2 is 1.65 bits per heavy atom. The highest BCUT2D eigenvalue weighted by Crippen LogP contribution is 2.16. The van der Waals surface area contributed by atoms with Gasteiger partial charge in [-0.05, 0) is 31.9 Å². The molecule has 0 fully saturated rings. The van der Waals surface area contributed by atoms with Crippen LogP contribution in [0.5, 0.6) is 0 Å². The Balaban J connectivity index is 2.44. The van der Waals surface area contributed by atoms with Crippen molar-refractivity contribution in [1.82, 2.24) is 10.3 Å². The number of unbranched alkanes of at least 4 members (excludes halogenated alkanes) is 4. The van der Waals surface area contributed by atoms with Crippen molar-refractivity contribution in [2.45, 2.75) is 84.2 Å². The van der Waals surface area contributed by atoms with Gasteiger partial charge in [-0.25, -0.2) is 0 Å². The Kier molecular flexibility index (Phi) is 9.31. The van der Waals surface area contributed by atoms with Crippen LogP contribution in [0.15, 0.2) is 24.4 Å². The minimum atomic E-state index is 0.351. The van der Waals surface area contributed by atoms with Crippen LogP contribution >= 0.6 is 0 Å².